The van der Waals surface area contributed by atoms with Crippen LogP contribution in [0, 0.1) is 12.7 Å². The van der Waals surface area contributed by atoms with Gasteiger partial charge >= 0.3 is 5.69 Å². The fraction of sp³-hybridized carbons (Fsp3) is 0.364. The van der Waals surface area contributed by atoms with Gasteiger partial charge in [0.15, 0.2) is 17.3 Å². The lowest BCUT2D eigenvalue weighted by Gasteiger charge is -2.43. The van der Waals surface area contributed by atoms with Crippen molar-refractivity contribution in [3.05, 3.63) is 58.8 Å². The Labute approximate surface area is 177 Å². The van der Waals surface area contributed by atoms with Crippen molar-refractivity contribution < 1.29 is 4.39 Å². The largest absolute Gasteiger partial charge is 0.367 e. The van der Waals surface area contributed by atoms with E-state index in [0.717, 1.165) is 18.8 Å². The van der Waals surface area contributed by atoms with Crippen LogP contribution in [0.25, 0.3) is 22.7 Å². The minimum atomic E-state index is -0.478. The van der Waals surface area contributed by atoms with E-state index in [4.69, 9.17) is 0 Å². The van der Waals surface area contributed by atoms with Crippen molar-refractivity contribution in [3.8, 4) is 11.4 Å². The van der Waals surface area contributed by atoms with Gasteiger partial charge in [0.1, 0.15) is 5.65 Å². The van der Waals surface area contributed by atoms with Gasteiger partial charge in [-0.2, -0.15) is 4.98 Å². The van der Waals surface area contributed by atoms with Crippen molar-refractivity contribution in [1.29, 1.82) is 0 Å². The van der Waals surface area contributed by atoms with Crippen molar-refractivity contribution in [2.45, 2.75) is 38.3 Å². The number of piperazine rings is 1. The van der Waals surface area contributed by atoms with Gasteiger partial charge in [0.25, 0.3) is 0 Å². The predicted molar refractivity (Wildman–Crippen MR) is 115 cm³/mol. The first-order chi connectivity index (χ1) is 15.0. The molecule has 2 atom stereocenters. The Morgan fingerprint density at radius 1 is 1.06 bits per heavy atom. The molecular weight excluding hydrogens is 397 g/mol. The normalized spacial score (nSPS) is 21.2. The molecule has 0 amide bonds. The molecule has 0 aromatic carbocycles. The number of anilines is 1. The molecule has 158 valence electrons. The zero-order valence-electron chi connectivity index (χ0n) is 17.1. The van der Waals surface area contributed by atoms with Gasteiger partial charge in [-0.3, -0.25) is 0 Å². The van der Waals surface area contributed by atoms with Gasteiger partial charge in [0.05, 0.1) is 11.4 Å². The first kappa shape index (κ1) is 18.4. The van der Waals surface area contributed by atoms with Crippen LogP contribution < -0.4 is 15.9 Å². The number of pyridine rings is 2. The van der Waals surface area contributed by atoms with E-state index >= 15 is 0 Å². The number of aromatic nitrogens is 5. The highest BCUT2D eigenvalue weighted by Crippen LogP contribution is 2.25. The lowest BCUT2D eigenvalue weighted by atomic mass is 9.94. The van der Waals surface area contributed by atoms with Crippen molar-refractivity contribution >= 4 is 17.0 Å². The number of nitrogens with one attached hydrogen (secondary N) is 1. The summed E-state index contributed by atoms with van der Waals surface area (Å²) in [7, 11) is 0. The summed E-state index contributed by atoms with van der Waals surface area (Å²) in [5.74, 6) is -0.282. The smallest absolute Gasteiger partial charge is 0.355 e. The molecule has 2 bridgehead atoms. The average Bonchev–Trinajstić information content (AvgIpc) is 3.14. The van der Waals surface area contributed by atoms with Crippen molar-refractivity contribution in [3.63, 3.8) is 0 Å². The molecule has 1 N–H and O–H groups in total. The minimum Gasteiger partial charge on any atom is -0.367 e. The molecule has 4 aromatic heterocycles. The second-order valence-electron chi connectivity index (χ2n) is 8.53. The lowest BCUT2D eigenvalue weighted by molar-refractivity contribution is 0.283. The third-order valence-corrected chi connectivity index (χ3v) is 6.25. The van der Waals surface area contributed by atoms with Crippen LogP contribution in [-0.2, 0) is 0 Å². The zero-order chi connectivity index (χ0) is 21.1. The number of piperidine rings is 1. The number of nitrogens with zero attached hydrogens (tertiary/aromatic N) is 6. The predicted octanol–water partition coefficient (Wildman–Crippen LogP) is 2.18. The standard InChI is InChI=1S/C22H22FN7O/c1-13-8-29-9-14(7-18(23)21(29)24-13)20-26-19-6-5-17(12-30(19)22(31)27-20)28-10-15-3-2-4-16(11-28)25-15/h5-9,12,15-16,25H,2-4,10-11H2,1H3. The number of fused-ring (bicyclic) bond motifs is 4. The topological polar surface area (TPSA) is 79.8 Å². The maximum atomic E-state index is 14.5. The number of halogens is 1. The van der Waals surface area contributed by atoms with Gasteiger partial charge in [-0.05, 0) is 38.0 Å². The highest BCUT2D eigenvalue weighted by Gasteiger charge is 2.30. The number of aryl methyl sites for hydroxylation is 1. The fourth-order valence-electron chi connectivity index (χ4n) is 4.84. The maximum absolute atomic E-state index is 14.5. The van der Waals surface area contributed by atoms with E-state index in [2.05, 4.69) is 25.2 Å². The van der Waals surface area contributed by atoms with Crippen LogP contribution in [0.2, 0.25) is 0 Å². The van der Waals surface area contributed by atoms with Gasteiger partial charge in [0.2, 0.25) is 0 Å². The van der Waals surface area contributed by atoms with E-state index < -0.39 is 11.5 Å². The number of rotatable bonds is 2. The van der Waals surface area contributed by atoms with E-state index in [9.17, 15) is 9.18 Å². The summed E-state index contributed by atoms with van der Waals surface area (Å²) in [5, 5.41) is 3.67. The summed E-state index contributed by atoms with van der Waals surface area (Å²) < 4.78 is 17.5. The number of hydrogen-bond donors (Lipinski definition) is 1. The molecule has 2 unspecified atom stereocenters. The van der Waals surface area contributed by atoms with E-state index in [1.807, 2.05) is 18.3 Å². The monoisotopic (exact) mass is 419 g/mol. The molecule has 4 aromatic rings. The molecular formula is C22H22FN7O. The quantitative estimate of drug-likeness (QED) is 0.537. The lowest BCUT2D eigenvalue weighted by Crippen LogP contribution is -2.58. The van der Waals surface area contributed by atoms with E-state index in [0.29, 0.717) is 29.0 Å². The van der Waals surface area contributed by atoms with Crippen LogP contribution in [0.15, 0.2) is 41.6 Å². The first-order valence-electron chi connectivity index (χ1n) is 10.6. The molecule has 0 aliphatic carbocycles. The summed E-state index contributed by atoms with van der Waals surface area (Å²) in [6, 6.07) is 6.14. The maximum Gasteiger partial charge on any atom is 0.355 e. The Balaban J connectivity index is 1.39. The molecule has 31 heavy (non-hydrogen) atoms. The molecule has 2 aliphatic rings. The Morgan fingerprint density at radius 3 is 2.68 bits per heavy atom. The molecule has 2 fully saturated rings. The third-order valence-electron chi connectivity index (χ3n) is 6.25. The Morgan fingerprint density at radius 2 is 1.87 bits per heavy atom. The van der Waals surface area contributed by atoms with Crippen molar-refractivity contribution in [2.24, 2.45) is 0 Å². The second kappa shape index (κ2) is 6.84. The highest BCUT2D eigenvalue weighted by molar-refractivity contribution is 5.61. The zero-order valence-corrected chi connectivity index (χ0v) is 17.1. The molecule has 9 heteroatoms. The Bertz CT molecular complexity index is 1370. The summed E-state index contributed by atoms with van der Waals surface area (Å²) in [4.78, 5) is 28.0. The third kappa shape index (κ3) is 3.16. The molecule has 0 saturated carbocycles. The van der Waals surface area contributed by atoms with Crippen LogP contribution in [0.4, 0.5) is 10.1 Å². The van der Waals surface area contributed by atoms with E-state index in [1.165, 1.54) is 29.7 Å². The molecule has 6 heterocycles. The molecule has 0 radical (unpaired) electrons. The Hall–Kier alpha value is -3.33. The summed E-state index contributed by atoms with van der Waals surface area (Å²) >= 11 is 0. The van der Waals surface area contributed by atoms with Gasteiger partial charge in [0, 0.05) is 49.3 Å². The van der Waals surface area contributed by atoms with E-state index in [-0.39, 0.29) is 11.5 Å². The SMILES string of the molecule is Cc1cn2cc(-c3nc(=O)n4cc(N5CC6CCCC(C5)N6)ccc4n3)cc(F)c2n1. The highest BCUT2D eigenvalue weighted by atomic mass is 19.1. The Kier molecular flexibility index (Phi) is 4.07. The minimum absolute atomic E-state index is 0.196. The number of hydrogen-bond acceptors (Lipinski definition) is 6. The number of imidazole rings is 1. The van der Waals surface area contributed by atoms with Crippen molar-refractivity contribution in [2.75, 3.05) is 18.0 Å². The van der Waals surface area contributed by atoms with Gasteiger partial charge in [-0.15, -0.1) is 0 Å². The first-order valence-corrected chi connectivity index (χ1v) is 10.6. The van der Waals surface area contributed by atoms with Gasteiger partial charge in [-0.25, -0.2) is 23.6 Å². The molecule has 6 rings (SSSR count). The van der Waals surface area contributed by atoms with Crippen LogP contribution in [-0.4, -0.2) is 48.9 Å². The van der Waals surface area contributed by atoms with Gasteiger partial charge in [-0.1, -0.05) is 6.42 Å². The van der Waals surface area contributed by atoms with Crippen LogP contribution in [0.1, 0.15) is 25.0 Å². The summed E-state index contributed by atoms with van der Waals surface area (Å²) in [6.07, 6.45) is 8.87. The molecule has 8 nitrogen and oxygen atoms in total. The molecule has 0 spiro atoms. The van der Waals surface area contributed by atoms with Crippen LogP contribution in [0.3, 0.4) is 0 Å². The summed E-state index contributed by atoms with van der Waals surface area (Å²) in [5.41, 5.74) is 2.42. The van der Waals surface area contributed by atoms with Crippen molar-refractivity contribution in [1.82, 2.24) is 29.1 Å². The fourth-order valence-corrected chi connectivity index (χ4v) is 4.84. The second-order valence-corrected chi connectivity index (χ2v) is 8.53. The molecule has 2 saturated heterocycles. The van der Waals surface area contributed by atoms with Crippen LogP contribution in [0.5, 0.6) is 0 Å². The van der Waals surface area contributed by atoms with E-state index in [1.54, 1.807) is 23.7 Å². The van der Waals surface area contributed by atoms with Crippen LogP contribution >= 0.6 is 0 Å². The summed E-state index contributed by atoms with van der Waals surface area (Å²) in [6.45, 7) is 3.66. The molecule has 2 aliphatic heterocycles. The average molecular weight is 419 g/mol. The van der Waals surface area contributed by atoms with Gasteiger partial charge < -0.3 is 14.6 Å².